The number of hydrogen-bond donors (Lipinski definition) is 0. The van der Waals surface area contributed by atoms with Gasteiger partial charge in [0.25, 0.3) is 0 Å². The van der Waals surface area contributed by atoms with Gasteiger partial charge in [-0.2, -0.15) is 0 Å². The normalized spacial score (nSPS) is 12.7. The summed E-state index contributed by atoms with van der Waals surface area (Å²) in [6.45, 7) is 4.11. The summed E-state index contributed by atoms with van der Waals surface area (Å²) in [5.41, 5.74) is 18.6. The molecule has 7 nitrogen and oxygen atoms in total. The average Bonchev–Trinajstić information content (AvgIpc) is 2.47. The molecule has 2 unspecified atom stereocenters. The smallest absolute Gasteiger partial charge is 0.137 e. The second kappa shape index (κ2) is 8.64. The molecule has 0 aromatic heterocycles. The summed E-state index contributed by atoms with van der Waals surface area (Å²) in [5.74, 6) is -0.152. The Kier molecular flexibility index (Phi) is 6.81. The van der Waals surface area contributed by atoms with Crippen molar-refractivity contribution in [2.24, 2.45) is 16.1 Å². The summed E-state index contributed by atoms with van der Waals surface area (Å²) in [7, 11) is 0. The summed E-state index contributed by atoms with van der Waals surface area (Å²) in [4.78, 5) is 17.1. The molecule has 0 aliphatic heterocycles. The lowest BCUT2D eigenvalue weighted by atomic mass is 9.93. The number of nitrogens with zero attached hydrogens (tertiary/aromatic N) is 6. The number of azide groups is 2. The molecule has 0 saturated carbocycles. The van der Waals surface area contributed by atoms with Crippen LogP contribution in [-0.2, 0) is 11.2 Å². The van der Waals surface area contributed by atoms with Gasteiger partial charge in [-0.15, -0.1) is 0 Å². The van der Waals surface area contributed by atoms with E-state index in [0.29, 0.717) is 6.54 Å². The van der Waals surface area contributed by atoms with Gasteiger partial charge in [-0.05, 0) is 41.5 Å². The molecular weight excluding hydrogens is 268 g/mol. The Bertz CT molecular complexity index is 570. The van der Waals surface area contributed by atoms with Crippen molar-refractivity contribution in [3.63, 3.8) is 0 Å². The first-order valence-electron chi connectivity index (χ1n) is 6.69. The molecule has 1 aromatic rings. The molecule has 110 valence electrons. The Morgan fingerprint density at radius 1 is 1.14 bits per heavy atom. The van der Waals surface area contributed by atoms with E-state index in [0.717, 1.165) is 17.5 Å². The molecule has 1 rings (SSSR count). The molecule has 0 saturated heterocycles. The van der Waals surface area contributed by atoms with Gasteiger partial charge in [0.05, 0.1) is 0 Å². The molecule has 0 radical (unpaired) electrons. The summed E-state index contributed by atoms with van der Waals surface area (Å²) < 4.78 is 0. The van der Waals surface area contributed by atoms with E-state index in [9.17, 15) is 4.79 Å². The van der Waals surface area contributed by atoms with Gasteiger partial charge >= 0.3 is 0 Å². The predicted molar refractivity (Wildman–Crippen MR) is 80.8 cm³/mol. The Hall–Kier alpha value is -2.49. The van der Waals surface area contributed by atoms with Crippen LogP contribution < -0.4 is 0 Å². The molecule has 1 aromatic carbocycles. The Labute approximate surface area is 123 Å². The number of carbonyl (C=O) groups is 1. The van der Waals surface area contributed by atoms with E-state index in [2.05, 4.69) is 20.1 Å². The monoisotopic (exact) mass is 286 g/mol. The molecule has 21 heavy (non-hydrogen) atoms. The van der Waals surface area contributed by atoms with Gasteiger partial charge in [0.2, 0.25) is 0 Å². The third-order valence-corrected chi connectivity index (χ3v) is 3.24. The van der Waals surface area contributed by atoms with Crippen LogP contribution >= 0.6 is 0 Å². The topological polar surface area (TPSA) is 115 Å². The van der Waals surface area contributed by atoms with Gasteiger partial charge in [0, 0.05) is 28.8 Å². The van der Waals surface area contributed by atoms with Crippen molar-refractivity contribution < 1.29 is 4.79 Å². The number of Topliss-reactive ketones (excluding diaryl/α,β-unsaturated/α-hetero) is 1. The maximum absolute atomic E-state index is 11.6. The van der Waals surface area contributed by atoms with Crippen LogP contribution in [0.2, 0.25) is 0 Å². The third kappa shape index (κ3) is 5.57. The SMILES string of the molecule is CC(=O)C(CN=[N+]=[N-])c1ccc(CC(C)CN=[N+]=[N-])cc1. The molecule has 0 bridgehead atoms. The van der Waals surface area contributed by atoms with Gasteiger partial charge in [-0.25, -0.2) is 0 Å². The molecule has 0 aliphatic rings. The summed E-state index contributed by atoms with van der Waals surface area (Å²) >= 11 is 0. The van der Waals surface area contributed by atoms with Crippen LogP contribution in [-0.4, -0.2) is 18.9 Å². The Morgan fingerprint density at radius 2 is 1.71 bits per heavy atom. The minimum Gasteiger partial charge on any atom is -0.299 e. The summed E-state index contributed by atoms with van der Waals surface area (Å²) in [6.07, 6.45) is 0.806. The van der Waals surface area contributed by atoms with Crippen molar-refractivity contribution in [2.45, 2.75) is 26.2 Å². The minimum absolute atomic E-state index is 0.0214. The highest BCUT2D eigenvalue weighted by molar-refractivity contribution is 5.83. The van der Waals surface area contributed by atoms with Gasteiger partial charge in [0.15, 0.2) is 0 Å². The van der Waals surface area contributed by atoms with E-state index in [1.54, 1.807) is 0 Å². The van der Waals surface area contributed by atoms with Crippen LogP contribution in [0.15, 0.2) is 34.5 Å². The highest BCUT2D eigenvalue weighted by Gasteiger charge is 2.15. The zero-order valence-corrected chi connectivity index (χ0v) is 12.2. The quantitative estimate of drug-likeness (QED) is 0.398. The first-order valence-corrected chi connectivity index (χ1v) is 6.69. The molecule has 7 heteroatoms. The largest absolute Gasteiger partial charge is 0.299 e. The van der Waals surface area contributed by atoms with Crippen molar-refractivity contribution in [1.29, 1.82) is 0 Å². The van der Waals surface area contributed by atoms with Crippen LogP contribution in [0.1, 0.15) is 30.9 Å². The second-order valence-corrected chi connectivity index (χ2v) is 5.04. The highest BCUT2D eigenvalue weighted by atomic mass is 16.1. The number of benzene rings is 1. The van der Waals surface area contributed by atoms with Crippen LogP contribution in [0.25, 0.3) is 20.9 Å². The lowest BCUT2D eigenvalue weighted by molar-refractivity contribution is -0.118. The molecule has 0 fully saturated rings. The van der Waals surface area contributed by atoms with Crippen molar-refractivity contribution in [1.82, 2.24) is 0 Å². The molecule has 0 spiro atoms. The molecule has 0 heterocycles. The van der Waals surface area contributed by atoms with E-state index in [4.69, 9.17) is 11.1 Å². The molecule has 0 amide bonds. The zero-order chi connectivity index (χ0) is 15.7. The standard InChI is InChI=1S/C14H18N6O/c1-10(8-17-19-15)7-12-3-5-13(6-4-12)14(11(2)21)9-18-20-16/h3-6,10,14H,7-9H2,1-2H3. The Balaban J connectivity index is 2.77. The van der Waals surface area contributed by atoms with Gasteiger partial charge < -0.3 is 0 Å². The highest BCUT2D eigenvalue weighted by Crippen LogP contribution is 2.19. The van der Waals surface area contributed by atoms with Gasteiger partial charge in [-0.1, -0.05) is 41.4 Å². The number of ketones is 1. The van der Waals surface area contributed by atoms with E-state index in [1.807, 2.05) is 31.2 Å². The Morgan fingerprint density at radius 3 is 2.24 bits per heavy atom. The maximum atomic E-state index is 11.6. The molecule has 0 N–H and O–H groups in total. The lowest BCUT2D eigenvalue weighted by Gasteiger charge is -2.13. The second-order valence-electron chi connectivity index (χ2n) is 5.04. The van der Waals surface area contributed by atoms with Crippen molar-refractivity contribution in [3.8, 4) is 0 Å². The lowest BCUT2D eigenvalue weighted by Crippen LogP contribution is -2.12. The number of carbonyl (C=O) groups excluding carboxylic acids is 1. The van der Waals surface area contributed by atoms with Gasteiger partial charge in [0.1, 0.15) is 5.78 Å². The number of rotatable bonds is 8. The average molecular weight is 286 g/mol. The minimum atomic E-state index is -0.393. The molecule has 2 atom stereocenters. The fourth-order valence-electron chi connectivity index (χ4n) is 2.12. The predicted octanol–water partition coefficient (Wildman–Crippen LogP) is 4.16. The van der Waals surface area contributed by atoms with Crippen molar-refractivity contribution in [2.75, 3.05) is 13.1 Å². The van der Waals surface area contributed by atoms with E-state index < -0.39 is 5.92 Å². The van der Waals surface area contributed by atoms with Crippen LogP contribution in [0.3, 0.4) is 0 Å². The van der Waals surface area contributed by atoms with E-state index in [1.165, 1.54) is 6.92 Å². The number of hydrogen-bond acceptors (Lipinski definition) is 3. The van der Waals surface area contributed by atoms with Crippen molar-refractivity contribution >= 4 is 5.78 Å². The molecular formula is C14H18N6O. The van der Waals surface area contributed by atoms with Crippen LogP contribution in [0, 0.1) is 5.92 Å². The summed E-state index contributed by atoms with van der Waals surface area (Å²) in [6, 6.07) is 7.67. The van der Waals surface area contributed by atoms with E-state index >= 15 is 0 Å². The van der Waals surface area contributed by atoms with Crippen LogP contribution in [0.4, 0.5) is 0 Å². The summed E-state index contributed by atoms with van der Waals surface area (Å²) in [5, 5.41) is 7.05. The molecule has 0 aliphatic carbocycles. The fourth-order valence-corrected chi connectivity index (χ4v) is 2.12. The first kappa shape index (κ1) is 16.6. The fraction of sp³-hybridized carbons (Fsp3) is 0.500. The zero-order valence-electron chi connectivity index (χ0n) is 12.2. The van der Waals surface area contributed by atoms with Gasteiger partial charge in [-0.3, -0.25) is 4.79 Å². The first-order chi connectivity index (χ1) is 10.1. The maximum Gasteiger partial charge on any atom is 0.137 e. The van der Waals surface area contributed by atoms with E-state index in [-0.39, 0.29) is 18.2 Å². The van der Waals surface area contributed by atoms with Crippen LogP contribution in [0.5, 0.6) is 0 Å². The third-order valence-electron chi connectivity index (χ3n) is 3.24. The van der Waals surface area contributed by atoms with Crippen molar-refractivity contribution in [3.05, 3.63) is 56.3 Å².